The topological polar surface area (TPSA) is 48.0 Å². The summed E-state index contributed by atoms with van der Waals surface area (Å²) < 4.78 is 10.2. The van der Waals surface area contributed by atoms with Gasteiger partial charge in [0.1, 0.15) is 6.79 Å². The van der Waals surface area contributed by atoms with Crippen molar-refractivity contribution in [3.8, 4) is 0 Å². The van der Waals surface area contributed by atoms with Gasteiger partial charge in [0.15, 0.2) is 5.78 Å². The molecule has 0 aliphatic heterocycles. The van der Waals surface area contributed by atoms with Crippen LogP contribution in [-0.2, 0) is 25.5 Å². The zero-order valence-corrected chi connectivity index (χ0v) is 13.9. The van der Waals surface area contributed by atoms with Crippen LogP contribution in [0.25, 0.3) is 0 Å². The minimum absolute atomic E-state index is 0.0325. The summed E-state index contributed by atoms with van der Waals surface area (Å²) in [6, 6.07) is 7.43. The molecule has 0 aliphatic carbocycles. The second kappa shape index (κ2) is 10.3. The number of hydroxylamine groups is 2. The highest BCUT2D eigenvalue weighted by atomic mass is 35.5. The fraction of sp³-hybridized carbons (Fsp3) is 0.438. The molecule has 0 spiro atoms. The van der Waals surface area contributed by atoms with Crippen LogP contribution in [0.15, 0.2) is 36.5 Å². The second-order valence-corrected chi connectivity index (χ2v) is 5.19. The van der Waals surface area contributed by atoms with E-state index in [0.29, 0.717) is 11.4 Å². The van der Waals surface area contributed by atoms with Gasteiger partial charge in [0.2, 0.25) is 0 Å². The number of halogens is 1. The van der Waals surface area contributed by atoms with E-state index in [0.717, 1.165) is 5.56 Å². The van der Waals surface area contributed by atoms with Gasteiger partial charge < -0.3 is 9.47 Å². The fourth-order valence-electron chi connectivity index (χ4n) is 1.80. The molecule has 122 valence electrons. The number of allylic oxidation sites excluding steroid dienone is 1. The molecular formula is C16H22ClNO4. The van der Waals surface area contributed by atoms with Gasteiger partial charge in [-0.2, -0.15) is 0 Å². The van der Waals surface area contributed by atoms with Crippen LogP contribution >= 0.6 is 11.6 Å². The Morgan fingerprint density at radius 2 is 2.00 bits per heavy atom. The summed E-state index contributed by atoms with van der Waals surface area (Å²) in [6.07, 6.45) is 3.63. The number of hydrogen-bond donors (Lipinski definition) is 0. The third kappa shape index (κ3) is 7.04. The van der Waals surface area contributed by atoms with Crippen molar-refractivity contribution in [2.24, 2.45) is 5.92 Å². The third-order valence-corrected chi connectivity index (χ3v) is 3.31. The molecule has 0 fully saturated rings. The zero-order valence-electron chi connectivity index (χ0n) is 13.1. The third-order valence-electron chi connectivity index (χ3n) is 3.05. The molecule has 0 saturated carbocycles. The molecule has 0 amide bonds. The van der Waals surface area contributed by atoms with Gasteiger partial charge in [0.25, 0.3) is 0 Å². The van der Waals surface area contributed by atoms with E-state index in [-0.39, 0.29) is 25.1 Å². The molecule has 0 saturated heterocycles. The average Bonchev–Trinajstić information content (AvgIpc) is 2.53. The van der Waals surface area contributed by atoms with Crippen molar-refractivity contribution >= 4 is 17.4 Å². The normalized spacial score (nSPS) is 12.5. The van der Waals surface area contributed by atoms with Gasteiger partial charge in [-0.1, -0.05) is 23.7 Å². The minimum atomic E-state index is -0.294. The van der Waals surface area contributed by atoms with Gasteiger partial charge in [-0.25, -0.2) is 0 Å². The van der Waals surface area contributed by atoms with E-state index in [2.05, 4.69) is 0 Å². The Morgan fingerprint density at radius 3 is 2.59 bits per heavy atom. The highest BCUT2D eigenvalue weighted by Gasteiger charge is 2.17. The van der Waals surface area contributed by atoms with Crippen LogP contribution in [0.4, 0.5) is 0 Å². The summed E-state index contributed by atoms with van der Waals surface area (Å²) >= 11 is 5.87. The molecule has 22 heavy (non-hydrogen) atoms. The number of carbonyl (C=O) groups excluding carboxylic acids is 1. The quantitative estimate of drug-likeness (QED) is 0.286. The van der Waals surface area contributed by atoms with E-state index in [1.165, 1.54) is 18.2 Å². The Balaban J connectivity index is 2.71. The molecule has 1 aromatic carbocycles. The van der Waals surface area contributed by atoms with E-state index in [1.807, 2.05) is 24.3 Å². The maximum Gasteiger partial charge on any atom is 0.162 e. The van der Waals surface area contributed by atoms with Crippen LogP contribution in [0.5, 0.6) is 0 Å². The van der Waals surface area contributed by atoms with E-state index in [1.54, 1.807) is 20.4 Å². The number of nitrogens with zero attached hydrogens (tertiary/aromatic N) is 1. The SMILES string of the molecule is COCOCC(Cc1ccc(Cl)cc1)C(=O)/C=C/N(C)OC. The van der Waals surface area contributed by atoms with Crippen molar-refractivity contribution in [2.45, 2.75) is 6.42 Å². The lowest BCUT2D eigenvalue weighted by Gasteiger charge is -2.15. The average molecular weight is 328 g/mol. The van der Waals surface area contributed by atoms with Crippen molar-refractivity contribution in [3.63, 3.8) is 0 Å². The number of ketones is 1. The van der Waals surface area contributed by atoms with E-state index >= 15 is 0 Å². The fourth-order valence-corrected chi connectivity index (χ4v) is 1.92. The van der Waals surface area contributed by atoms with Crippen molar-refractivity contribution in [1.29, 1.82) is 0 Å². The number of methoxy groups -OCH3 is 1. The van der Waals surface area contributed by atoms with Crippen LogP contribution in [-0.4, -0.2) is 45.5 Å². The Kier molecular flexibility index (Phi) is 8.77. The maximum atomic E-state index is 12.3. The molecule has 0 heterocycles. The van der Waals surface area contributed by atoms with Crippen LogP contribution in [0.2, 0.25) is 5.02 Å². The molecule has 5 nitrogen and oxygen atoms in total. The van der Waals surface area contributed by atoms with Crippen LogP contribution in [0.1, 0.15) is 5.56 Å². The lowest BCUT2D eigenvalue weighted by Crippen LogP contribution is -2.22. The summed E-state index contributed by atoms with van der Waals surface area (Å²) in [7, 11) is 4.78. The summed E-state index contributed by atoms with van der Waals surface area (Å²) in [5.41, 5.74) is 1.03. The molecule has 0 radical (unpaired) electrons. The molecule has 1 unspecified atom stereocenters. The Bertz CT molecular complexity index is 476. The maximum absolute atomic E-state index is 12.3. The van der Waals surface area contributed by atoms with Gasteiger partial charge in [-0.15, -0.1) is 0 Å². The second-order valence-electron chi connectivity index (χ2n) is 4.75. The monoisotopic (exact) mass is 327 g/mol. The lowest BCUT2D eigenvalue weighted by atomic mass is 9.96. The minimum Gasteiger partial charge on any atom is -0.359 e. The van der Waals surface area contributed by atoms with Crippen molar-refractivity contribution in [1.82, 2.24) is 5.06 Å². The van der Waals surface area contributed by atoms with E-state index in [9.17, 15) is 4.79 Å². The number of rotatable bonds is 10. The first-order valence-corrected chi connectivity index (χ1v) is 7.24. The highest BCUT2D eigenvalue weighted by Crippen LogP contribution is 2.15. The predicted octanol–water partition coefficient (Wildman–Crippen LogP) is 2.70. The molecule has 0 bridgehead atoms. The van der Waals surface area contributed by atoms with Gasteiger partial charge in [0.05, 0.1) is 13.7 Å². The van der Waals surface area contributed by atoms with Gasteiger partial charge >= 0.3 is 0 Å². The standard InChI is InChI=1S/C16H22ClNO4/c1-18(21-3)9-8-16(19)14(11-22-12-20-2)10-13-4-6-15(17)7-5-13/h4-9,14H,10-12H2,1-3H3/b9-8+. The lowest BCUT2D eigenvalue weighted by molar-refractivity contribution is -0.122. The molecule has 1 rings (SSSR count). The van der Waals surface area contributed by atoms with Crippen molar-refractivity contribution in [3.05, 3.63) is 47.1 Å². The first-order valence-electron chi connectivity index (χ1n) is 6.87. The van der Waals surface area contributed by atoms with Crippen LogP contribution in [0, 0.1) is 5.92 Å². The summed E-state index contributed by atoms with van der Waals surface area (Å²) in [5, 5.41) is 2.12. The Hall–Kier alpha value is -1.40. The predicted molar refractivity (Wildman–Crippen MR) is 85.4 cm³/mol. The van der Waals surface area contributed by atoms with Crippen molar-refractivity contribution < 1.29 is 19.1 Å². The number of hydrogen-bond acceptors (Lipinski definition) is 5. The zero-order chi connectivity index (χ0) is 16.4. The molecule has 1 atom stereocenters. The highest BCUT2D eigenvalue weighted by molar-refractivity contribution is 6.30. The number of ether oxygens (including phenoxy) is 2. The molecule has 6 heteroatoms. The van der Waals surface area contributed by atoms with Gasteiger partial charge in [-0.3, -0.25) is 14.7 Å². The Labute approximate surface area is 136 Å². The van der Waals surface area contributed by atoms with Crippen LogP contribution < -0.4 is 0 Å². The first kappa shape index (κ1) is 18.6. The Morgan fingerprint density at radius 1 is 1.32 bits per heavy atom. The van der Waals surface area contributed by atoms with Crippen LogP contribution in [0.3, 0.4) is 0 Å². The largest absolute Gasteiger partial charge is 0.359 e. The molecule has 0 aromatic heterocycles. The number of carbonyl (C=O) groups is 1. The smallest absolute Gasteiger partial charge is 0.162 e. The summed E-state index contributed by atoms with van der Waals surface area (Å²) in [4.78, 5) is 17.3. The summed E-state index contributed by atoms with van der Waals surface area (Å²) in [5.74, 6) is -0.326. The van der Waals surface area contributed by atoms with Gasteiger partial charge in [-0.05, 0) is 30.2 Å². The molecule has 0 N–H and O–H groups in total. The first-order chi connectivity index (χ1) is 10.6. The molecule has 0 aliphatic rings. The molecular weight excluding hydrogens is 306 g/mol. The van der Waals surface area contributed by atoms with E-state index in [4.69, 9.17) is 25.9 Å². The number of benzene rings is 1. The van der Waals surface area contributed by atoms with Crippen molar-refractivity contribution in [2.75, 3.05) is 34.7 Å². The molecule has 1 aromatic rings. The van der Waals surface area contributed by atoms with E-state index < -0.39 is 0 Å². The van der Waals surface area contributed by atoms with Gasteiger partial charge in [0, 0.05) is 31.3 Å². The summed E-state index contributed by atoms with van der Waals surface area (Å²) in [6.45, 7) is 0.447.